The Morgan fingerprint density at radius 1 is 0.964 bits per heavy atom. The smallest absolute Gasteiger partial charge is 0.123 e. The molecule has 0 aliphatic carbocycles. The van der Waals surface area contributed by atoms with Crippen molar-refractivity contribution in [2.45, 2.75) is 19.6 Å². The fourth-order valence-electron chi connectivity index (χ4n) is 3.73. The lowest BCUT2D eigenvalue weighted by Gasteiger charge is -2.34. The van der Waals surface area contributed by atoms with Gasteiger partial charge in [0.1, 0.15) is 11.6 Å². The number of rotatable bonds is 7. The molecule has 4 rings (SSSR count). The maximum Gasteiger partial charge on any atom is 0.123 e. The lowest BCUT2D eigenvalue weighted by atomic mass is 10.1. The van der Waals surface area contributed by atoms with E-state index in [9.17, 15) is 0 Å². The van der Waals surface area contributed by atoms with Gasteiger partial charge in [-0.3, -0.25) is 14.5 Å². The Morgan fingerprint density at radius 3 is 2.39 bits per heavy atom. The molecule has 0 saturated carbocycles. The van der Waals surface area contributed by atoms with Gasteiger partial charge in [0.05, 0.1) is 20.2 Å². The number of hydrogen-bond acceptors (Lipinski definition) is 5. The zero-order valence-corrected chi connectivity index (χ0v) is 16.7. The van der Waals surface area contributed by atoms with Crippen LogP contribution in [0.4, 0.5) is 0 Å². The summed E-state index contributed by atoms with van der Waals surface area (Å²) in [6.45, 7) is 6.91. The number of piperazine rings is 1. The molecule has 7 heteroatoms. The van der Waals surface area contributed by atoms with E-state index in [1.54, 1.807) is 13.3 Å². The third-order valence-electron chi connectivity index (χ3n) is 5.39. The standard InChI is InChI=1S/C21H28N6O/c1-24-9-7-22-21(24)17-26-12-10-25(11-13-26)15-18-4-5-20(28-2)19(14-18)16-27-8-3-6-23-27/h3-9,14H,10-13,15-17H2,1-2H3. The van der Waals surface area contributed by atoms with Crippen molar-refractivity contribution in [1.82, 2.24) is 29.1 Å². The summed E-state index contributed by atoms with van der Waals surface area (Å²) in [4.78, 5) is 9.45. The number of nitrogens with zero attached hydrogens (tertiary/aromatic N) is 6. The summed E-state index contributed by atoms with van der Waals surface area (Å²) in [5.74, 6) is 2.05. The van der Waals surface area contributed by atoms with Gasteiger partial charge in [0.15, 0.2) is 0 Å². The fourth-order valence-corrected chi connectivity index (χ4v) is 3.73. The first kappa shape index (κ1) is 18.7. The van der Waals surface area contributed by atoms with Crippen molar-refractivity contribution in [3.63, 3.8) is 0 Å². The molecule has 0 unspecified atom stereocenters. The third kappa shape index (κ3) is 4.43. The first-order valence-electron chi connectivity index (χ1n) is 9.75. The van der Waals surface area contributed by atoms with Gasteiger partial charge in [0.2, 0.25) is 0 Å². The van der Waals surface area contributed by atoms with Gasteiger partial charge in [-0.05, 0) is 23.8 Å². The Kier molecular flexibility index (Phi) is 5.73. The van der Waals surface area contributed by atoms with E-state index < -0.39 is 0 Å². The van der Waals surface area contributed by atoms with Crippen LogP contribution in [0, 0.1) is 0 Å². The number of aryl methyl sites for hydroxylation is 1. The number of hydrogen-bond donors (Lipinski definition) is 0. The van der Waals surface area contributed by atoms with Gasteiger partial charge in [-0.25, -0.2) is 4.98 Å². The van der Waals surface area contributed by atoms with Crippen LogP contribution in [0.1, 0.15) is 17.0 Å². The van der Waals surface area contributed by atoms with Crippen molar-refractivity contribution < 1.29 is 4.74 Å². The zero-order chi connectivity index (χ0) is 19.3. The average molecular weight is 380 g/mol. The Labute approximate surface area is 166 Å². The number of benzene rings is 1. The van der Waals surface area contributed by atoms with E-state index in [0.717, 1.165) is 63.0 Å². The van der Waals surface area contributed by atoms with E-state index in [1.807, 2.05) is 29.3 Å². The highest BCUT2D eigenvalue weighted by atomic mass is 16.5. The van der Waals surface area contributed by atoms with Crippen molar-refractivity contribution >= 4 is 0 Å². The Hall–Kier alpha value is -2.64. The summed E-state index contributed by atoms with van der Waals surface area (Å²) < 4.78 is 9.57. The van der Waals surface area contributed by atoms with E-state index in [-0.39, 0.29) is 0 Å². The molecule has 1 aliphatic heterocycles. The molecule has 0 radical (unpaired) electrons. The molecule has 0 amide bonds. The first-order valence-corrected chi connectivity index (χ1v) is 9.75. The highest BCUT2D eigenvalue weighted by Crippen LogP contribution is 2.22. The van der Waals surface area contributed by atoms with Crippen LogP contribution in [0.25, 0.3) is 0 Å². The highest BCUT2D eigenvalue weighted by molar-refractivity contribution is 5.37. The second-order valence-corrected chi connectivity index (χ2v) is 7.36. The molecule has 0 bridgehead atoms. The second-order valence-electron chi connectivity index (χ2n) is 7.36. The van der Waals surface area contributed by atoms with Crippen LogP contribution < -0.4 is 4.74 Å². The zero-order valence-electron chi connectivity index (χ0n) is 16.7. The molecular formula is C21H28N6O. The summed E-state index contributed by atoms with van der Waals surface area (Å²) in [5, 5.41) is 4.32. The normalized spacial score (nSPS) is 15.8. The number of ether oxygens (including phenoxy) is 1. The summed E-state index contributed by atoms with van der Waals surface area (Å²) >= 11 is 0. The molecule has 2 aromatic heterocycles. The van der Waals surface area contributed by atoms with Gasteiger partial charge < -0.3 is 9.30 Å². The molecule has 7 nitrogen and oxygen atoms in total. The Balaban J connectivity index is 1.35. The lowest BCUT2D eigenvalue weighted by molar-refractivity contribution is 0.119. The minimum atomic E-state index is 0.724. The van der Waals surface area contributed by atoms with Crippen molar-refractivity contribution in [2.24, 2.45) is 7.05 Å². The van der Waals surface area contributed by atoms with Crippen LogP contribution in [0.3, 0.4) is 0 Å². The fraction of sp³-hybridized carbons (Fsp3) is 0.429. The van der Waals surface area contributed by atoms with Gasteiger partial charge in [-0.2, -0.15) is 5.10 Å². The molecule has 1 saturated heterocycles. The number of methoxy groups -OCH3 is 1. The van der Waals surface area contributed by atoms with Gasteiger partial charge in [-0.15, -0.1) is 0 Å². The molecule has 0 spiro atoms. The van der Waals surface area contributed by atoms with Gasteiger partial charge in [0.25, 0.3) is 0 Å². The molecule has 0 N–H and O–H groups in total. The van der Waals surface area contributed by atoms with E-state index in [0.29, 0.717) is 0 Å². The third-order valence-corrected chi connectivity index (χ3v) is 5.39. The highest BCUT2D eigenvalue weighted by Gasteiger charge is 2.18. The predicted molar refractivity (Wildman–Crippen MR) is 108 cm³/mol. The Bertz CT molecular complexity index is 880. The van der Waals surface area contributed by atoms with Crippen LogP contribution in [-0.4, -0.2) is 62.4 Å². The predicted octanol–water partition coefficient (Wildman–Crippen LogP) is 1.99. The largest absolute Gasteiger partial charge is 0.496 e. The molecule has 1 aromatic carbocycles. The van der Waals surface area contributed by atoms with Crippen LogP contribution in [0.15, 0.2) is 49.1 Å². The van der Waals surface area contributed by atoms with Crippen molar-refractivity contribution in [3.05, 3.63) is 66.0 Å². The number of aromatic nitrogens is 4. The second kappa shape index (κ2) is 8.58. The molecule has 3 aromatic rings. The topological polar surface area (TPSA) is 51.4 Å². The Morgan fingerprint density at radius 2 is 1.75 bits per heavy atom. The minimum absolute atomic E-state index is 0.724. The summed E-state index contributed by atoms with van der Waals surface area (Å²) in [5.41, 5.74) is 2.48. The van der Waals surface area contributed by atoms with Crippen molar-refractivity contribution in [1.29, 1.82) is 0 Å². The summed E-state index contributed by atoms with van der Waals surface area (Å²) in [7, 11) is 3.78. The molecule has 1 aliphatic rings. The van der Waals surface area contributed by atoms with Crippen LogP contribution >= 0.6 is 0 Å². The molecule has 3 heterocycles. The quantitative estimate of drug-likeness (QED) is 0.627. The van der Waals surface area contributed by atoms with E-state index >= 15 is 0 Å². The maximum absolute atomic E-state index is 5.54. The molecule has 0 atom stereocenters. The van der Waals surface area contributed by atoms with Gasteiger partial charge in [0, 0.05) is 70.1 Å². The van der Waals surface area contributed by atoms with E-state index in [1.165, 1.54) is 5.56 Å². The first-order chi connectivity index (χ1) is 13.7. The minimum Gasteiger partial charge on any atom is -0.496 e. The SMILES string of the molecule is COc1ccc(CN2CCN(Cc3nccn3C)CC2)cc1Cn1cccn1. The summed E-state index contributed by atoms with van der Waals surface area (Å²) in [6.07, 6.45) is 7.67. The van der Waals surface area contributed by atoms with E-state index in [2.05, 4.69) is 49.7 Å². The van der Waals surface area contributed by atoms with Crippen LogP contribution in [0.5, 0.6) is 5.75 Å². The molecular weight excluding hydrogens is 352 g/mol. The van der Waals surface area contributed by atoms with Gasteiger partial charge in [-0.1, -0.05) is 6.07 Å². The molecule has 1 fully saturated rings. The average Bonchev–Trinajstić information content (AvgIpc) is 3.36. The van der Waals surface area contributed by atoms with Crippen LogP contribution in [0.2, 0.25) is 0 Å². The van der Waals surface area contributed by atoms with Crippen molar-refractivity contribution in [2.75, 3.05) is 33.3 Å². The lowest BCUT2D eigenvalue weighted by Crippen LogP contribution is -2.45. The molecule has 28 heavy (non-hydrogen) atoms. The van der Waals surface area contributed by atoms with Crippen LogP contribution in [-0.2, 0) is 26.7 Å². The monoisotopic (exact) mass is 380 g/mol. The summed E-state index contributed by atoms with van der Waals surface area (Å²) in [6, 6.07) is 8.44. The maximum atomic E-state index is 5.54. The van der Waals surface area contributed by atoms with Gasteiger partial charge >= 0.3 is 0 Å². The van der Waals surface area contributed by atoms with Crippen molar-refractivity contribution in [3.8, 4) is 5.75 Å². The van der Waals surface area contributed by atoms with E-state index in [4.69, 9.17) is 4.74 Å². The number of imidazole rings is 1. The molecule has 148 valence electrons.